The predicted octanol–water partition coefficient (Wildman–Crippen LogP) is 5.62. The van der Waals surface area contributed by atoms with Gasteiger partial charge in [0.15, 0.2) is 0 Å². The van der Waals surface area contributed by atoms with Crippen molar-refractivity contribution >= 4 is 15.9 Å². The van der Waals surface area contributed by atoms with E-state index in [1.165, 1.54) is 44.9 Å². The van der Waals surface area contributed by atoms with Gasteiger partial charge in [-0.3, -0.25) is 11.3 Å². The monoisotopic (exact) mass is 358 g/mol. The molecule has 1 unspecified atom stereocenters. The quantitative estimate of drug-likeness (QED) is 0.306. The van der Waals surface area contributed by atoms with Gasteiger partial charge in [-0.15, -0.1) is 0 Å². The molecule has 0 spiro atoms. The first kappa shape index (κ1) is 18.6. The Kier molecular flexibility index (Phi) is 9.89. The maximum absolute atomic E-state index is 13.6. The summed E-state index contributed by atoms with van der Waals surface area (Å²) in [6.45, 7) is 2.24. The minimum atomic E-state index is -0.233. The van der Waals surface area contributed by atoms with Gasteiger partial charge in [-0.25, -0.2) is 4.39 Å². The van der Waals surface area contributed by atoms with Crippen molar-refractivity contribution in [2.75, 3.05) is 0 Å². The van der Waals surface area contributed by atoms with E-state index in [1.807, 2.05) is 6.07 Å². The molecule has 0 saturated carbocycles. The van der Waals surface area contributed by atoms with Crippen LogP contribution >= 0.6 is 15.9 Å². The number of benzene rings is 1. The van der Waals surface area contributed by atoms with Gasteiger partial charge >= 0.3 is 0 Å². The third-order valence-electron chi connectivity index (χ3n) is 3.89. The molecule has 0 heterocycles. The maximum Gasteiger partial charge on any atom is 0.137 e. The first-order valence-electron chi connectivity index (χ1n) is 8.10. The normalized spacial score (nSPS) is 12.6. The highest BCUT2D eigenvalue weighted by Crippen LogP contribution is 2.24. The summed E-state index contributed by atoms with van der Waals surface area (Å²) in [6.07, 6.45) is 11.3. The molecule has 1 aromatic rings. The fourth-order valence-corrected chi connectivity index (χ4v) is 2.80. The van der Waals surface area contributed by atoms with E-state index in [-0.39, 0.29) is 11.9 Å². The summed E-state index contributed by atoms with van der Waals surface area (Å²) in [7, 11) is 0. The van der Waals surface area contributed by atoms with Gasteiger partial charge in [-0.1, -0.05) is 64.4 Å². The first-order chi connectivity index (χ1) is 10.2. The molecule has 0 radical (unpaired) electrons. The fourth-order valence-electron chi connectivity index (χ4n) is 2.56. The Morgan fingerprint density at radius 3 is 2.29 bits per heavy atom. The van der Waals surface area contributed by atoms with E-state index in [4.69, 9.17) is 5.84 Å². The summed E-state index contributed by atoms with van der Waals surface area (Å²) in [5.41, 5.74) is 3.72. The number of halogens is 2. The van der Waals surface area contributed by atoms with Crippen LogP contribution < -0.4 is 11.3 Å². The van der Waals surface area contributed by atoms with Gasteiger partial charge in [0.1, 0.15) is 5.82 Å². The van der Waals surface area contributed by atoms with Gasteiger partial charge in [-0.2, -0.15) is 0 Å². The van der Waals surface area contributed by atoms with E-state index >= 15 is 0 Å². The average molecular weight is 359 g/mol. The van der Waals surface area contributed by atoms with E-state index < -0.39 is 0 Å². The third kappa shape index (κ3) is 7.39. The van der Waals surface area contributed by atoms with Crippen LogP contribution in [-0.2, 0) is 0 Å². The second-order valence-corrected chi connectivity index (χ2v) is 6.51. The highest BCUT2D eigenvalue weighted by Gasteiger charge is 2.11. The Balaban J connectivity index is 2.23. The minimum absolute atomic E-state index is 0.0349. The van der Waals surface area contributed by atoms with Crippen LogP contribution in [0.3, 0.4) is 0 Å². The van der Waals surface area contributed by atoms with Crippen LogP contribution in [0.4, 0.5) is 4.39 Å². The molecular weight excluding hydrogens is 331 g/mol. The van der Waals surface area contributed by atoms with Gasteiger partial charge < -0.3 is 0 Å². The predicted molar refractivity (Wildman–Crippen MR) is 91.4 cm³/mol. The summed E-state index contributed by atoms with van der Waals surface area (Å²) in [4.78, 5) is 0. The molecule has 21 heavy (non-hydrogen) atoms. The zero-order valence-electron chi connectivity index (χ0n) is 13.0. The Bertz CT molecular complexity index is 398. The van der Waals surface area contributed by atoms with E-state index in [1.54, 1.807) is 12.1 Å². The number of nitrogens with one attached hydrogen (secondary N) is 1. The van der Waals surface area contributed by atoms with Crippen molar-refractivity contribution < 1.29 is 4.39 Å². The molecule has 0 aromatic heterocycles. The van der Waals surface area contributed by atoms with Gasteiger partial charge in [0.2, 0.25) is 0 Å². The largest absolute Gasteiger partial charge is 0.271 e. The van der Waals surface area contributed by atoms with Crippen LogP contribution in [0, 0.1) is 5.82 Å². The lowest BCUT2D eigenvalue weighted by molar-refractivity contribution is 0.472. The van der Waals surface area contributed by atoms with Gasteiger partial charge in [0.05, 0.1) is 4.47 Å². The summed E-state index contributed by atoms with van der Waals surface area (Å²) in [5.74, 6) is 5.37. The van der Waals surface area contributed by atoms with Crippen molar-refractivity contribution in [2.24, 2.45) is 5.84 Å². The number of nitrogens with two attached hydrogens (primary N) is 1. The summed E-state index contributed by atoms with van der Waals surface area (Å²) >= 11 is 3.17. The van der Waals surface area contributed by atoms with Crippen LogP contribution in [0.1, 0.15) is 76.3 Å². The summed E-state index contributed by atoms with van der Waals surface area (Å²) < 4.78 is 14.0. The average Bonchev–Trinajstić information content (AvgIpc) is 2.49. The van der Waals surface area contributed by atoms with Gasteiger partial charge in [0, 0.05) is 6.04 Å². The highest BCUT2D eigenvalue weighted by molar-refractivity contribution is 9.10. The molecule has 0 aliphatic heterocycles. The van der Waals surface area contributed by atoms with Crippen LogP contribution in [-0.4, -0.2) is 0 Å². The smallest absolute Gasteiger partial charge is 0.137 e. The fraction of sp³-hybridized carbons (Fsp3) is 0.647. The van der Waals surface area contributed by atoms with Gasteiger partial charge in [-0.05, 0) is 40.0 Å². The van der Waals surface area contributed by atoms with Crippen LogP contribution in [0.15, 0.2) is 22.7 Å². The molecule has 3 N–H and O–H groups in total. The Morgan fingerprint density at radius 2 is 1.71 bits per heavy atom. The molecule has 120 valence electrons. The van der Waals surface area contributed by atoms with Crippen molar-refractivity contribution in [3.05, 3.63) is 34.1 Å². The van der Waals surface area contributed by atoms with Crippen molar-refractivity contribution in [1.82, 2.24) is 5.43 Å². The van der Waals surface area contributed by atoms with Gasteiger partial charge in [0.25, 0.3) is 0 Å². The number of unbranched alkanes of at least 4 members (excludes halogenated alkanes) is 7. The Morgan fingerprint density at radius 1 is 1.10 bits per heavy atom. The molecule has 0 aliphatic carbocycles. The van der Waals surface area contributed by atoms with E-state index in [0.717, 1.165) is 18.4 Å². The first-order valence-corrected chi connectivity index (χ1v) is 8.89. The SMILES string of the molecule is CCCCCCCCCCC(NN)c1ccc(Br)c(F)c1. The van der Waals surface area contributed by atoms with Crippen molar-refractivity contribution in [2.45, 2.75) is 70.8 Å². The van der Waals surface area contributed by atoms with E-state index in [0.29, 0.717) is 4.47 Å². The molecule has 0 fully saturated rings. The molecule has 4 heteroatoms. The molecule has 0 bridgehead atoms. The molecule has 1 atom stereocenters. The minimum Gasteiger partial charge on any atom is -0.271 e. The summed E-state index contributed by atoms with van der Waals surface area (Å²) in [5, 5.41) is 0. The van der Waals surface area contributed by atoms with E-state index in [2.05, 4.69) is 28.3 Å². The lowest BCUT2D eigenvalue weighted by Crippen LogP contribution is -2.28. The number of hydrogen-bond acceptors (Lipinski definition) is 2. The molecular formula is C17H28BrFN2. The highest BCUT2D eigenvalue weighted by atomic mass is 79.9. The van der Waals surface area contributed by atoms with Crippen LogP contribution in [0.2, 0.25) is 0 Å². The number of rotatable bonds is 11. The molecule has 0 saturated heterocycles. The second kappa shape index (κ2) is 11.2. The topological polar surface area (TPSA) is 38.0 Å². The lowest BCUT2D eigenvalue weighted by atomic mass is 10.00. The zero-order valence-corrected chi connectivity index (χ0v) is 14.6. The standard InChI is InChI=1S/C17H28BrFN2/c1-2-3-4-5-6-7-8-9-10-17(21-20)14-11-12-15(18)16(19)13-14/h11-13,17,21H,2-10,20H2,1H3. The zero-order chi connectivity index (χ0) is 15.5. The molecule has 2 nitrogen and oxygen atoms in total. The van der Waals surface area contributed by atoms with Crippen molar-refractivity contribution in [3.63, 3.8) is 0 Å². The van der Waals surface area contributed by atoms with Crippen LogP contribution in [0.25, 0.3) is 0 Å². The maximum atomic E-state index is 13.6. The second-order valence-electron chi connectivity index (χ2n) is 5.66. The Labute approximate surface area is 136 Å². The summed E-state index contributed by atoms with van der Waals surface area (Å²) in [6, 6.07) is 5.25. The van der Waals surface area contributed by atoms with Crippen molar-refractivity contribution in [1.29, 1.82) is 0 Å². The number of hydrazine groups is 1. The molecule has 1 rings (SSSR count). The molecule has 0 amide bonds. The van der Waals surface area contributed by atoms with Crippen molar-refractivity contribution in [3.8, 4) is 0 Å². The number of hydrogen-bond donors (Lipinski definition) is 2. The lowest BCUT2D eigenvalue weighted by Gasteiger charge is -2.16. The third-order valence-corrected chi connectivity index (χ3v) is 4.54. The molecule has 1 aromatic carbocycles. The molecule has 0 aliphatic rings. The Hall–Kier alpha value is -0.450. The van der Waals surface area contributed by atoms with E-state index in [9.17, 15) is 4.39 Å². The van der Waals surface area contributed by atoms with Crippen LogP contribution in [0.5, 0.6) is 0 Å².